The molecule has 0 aromatic heterocycles. The van der Waals surface area contributed by atoms with Crippen LogP contribution in [0.5, 0.6) is 5.75 Å². The van der Waals surface area contributed by atoms with Crippen molar-refractivity contribution < 1.29 is 4.74 Å². The lowest BCUT2D eigenvalue weighted by Gasteiger charge is -2.09. The number of halogens is 2. The lowest BCUT2D eigenvalue weighted by Crippen LogP contribution is -1.98. The van der Waals surface area contributed by atoms with Gasteiger partial charge in [-0.15, -0.1) is 0 Å². The van der Waals surface area contributed by atoms with Crippen molar-refractivity contribution in [2.75, 3.05) is 5.73 Å². The molecule has 0 spiro atoms. The van der Waals surface area contributed by atoms with Crippen LogP contribution in [0.25, 0.3) is 0 Å². The Labute approximate surface area is 117 Å². The SMILES string of the molecule is Nc1cccc(COc2ccc(Br)cc2)c1Br. The third-order valence-corrected chi connectivity index (χ3v) is 3.81. The maximum absolute atomic E-state index is 5.80. The van der Waals surface area contributed by atoms with Crippen LogP contribution in [0.2, 0.25) is 0 Å². The van der Waals surface area contributed by atoms with Gasteiger partial charge >= 0.3 is 0 Å². The van der Waals surface area contributed by atoms with Crippen LogP contribution in [0, 0.1) is 0 Å². The minimum atomic E-state index is 0.493. The van der Waals surface area contributed by atoms with E-state index in [1.165, 1.54) is 0 Å². The van der Waals surface area contributed by atoms with Crippen molar-refractivity contribution in [1.29, 1.82) is 0 Å². The second-order valence-electron chi connectivity index (χ2n) is 3.56. The summed E-state index contributed by atoms with van der Waals surface area (Å²) in [5.74, 6) is 0.836. The van der Waals surface area contributed by atoms with Crippen LogP contribution in [0.3, 0.4) is 0 Å². The van der Waals surface area contributed by atoms with E-state index in [0.29, 0.717) is 6.61 Å². The fraction of sp³-hybridized carbons (Fsp3) is 0.0769. The lowest BCUT2D eigenvalue weighted by atomic mass is 10.2. The molecule has 0 fully saturated rings. The zero-order valence-corrected chi connectivity index (χ0v) is 12.2. The zero-order valence-electron chi connectivity index (χ0n) is 8.99. The third-order valence-electron chi connectivity index (χ3n) is 2.32. The Morgan fingerprint density at radius 1 is 1.00 bits per heavy atom. The molecule has 0 aliphatic heterocycles. The summed E-state index contributed by atoms with van der Waals surface area (Å²) in [4.78, 5) is 0. The van der Waals surface area contributed by atoms with Crippen molar-refractivity contribution in [3.8, 4) is 5.75 Å². The Morgan fingerprint density at radius 2 is 1.71 bits per heavy atom. The molecule has 0 bridgehead atoms. The Kier molecular flexibility index (Phi) is 4.07. The van der Waals surface area contributed by atoms with Crippen LogP contribution in [0.15, 0.2) is 51.4 Å². The van der Waals surface area contributed by atoms with Crippen molar-refractivity contribution in [2.45, 2.75) is 6.61 Å². The van der Waals surface area contributed by atoms with Gasteiger partial charge in [-0.3, -0.25) is 0 Å². The summed E-state index contributed by atoms with van der Waals surface area (Å²) in [5.41, 5.74) is 7.56. The Balaban J connectivity index is 2.07. The summed E-state index contributed by atoms with van der Waals surface area (Å²) in [5, 5.41) is 0. The predicted molar refractivity (Wildman–Crippen MR) is 77.0 cm³/mol. The van der Waals surface area contributed by atoms with Gasteiger partial charge < -0.3 is 10.5 Å². The molecule has 0 saturated carbocycles. The molecule has 0 heterocycles. The minimum Gasteiger partial charge on any atom is -0.489 e. The van der Waals surface area contributed by atoms with E-state index in [1.54, 1.807) is 0 Å². The first-order valence-corrected chi connectivity index (χ1v) is 6.66. The monoisotopic (exact) mass is 355 g/mol. The van der Waals surface area contributed by atoms with Crippen LogP contribution in [0.1, 0.15) is 5.56 Å². The summed E-state index contributed by atoms with van der Waals surface area (Å²) < 4.78 is 7.61. The molecule has 4 heteroatoms. The fourth-order valence-electron chi connectivity index (χ4n) is 1.40. The molecule has 0 saturated heterocycles. The van der Waals surface area contributed by atoms with Gasteiger partial charge in [-0.25, -0.2) is 0 Å². The van der Waals surface area contributed by atoms with E-state index in [9.17, 15) is 0 Å². The molecule has 0 unspecified atom stereocenters. The molecule has 17 heavy (non-hydrogen) atoms. The smallest absolute Gasteiger partial charge is 0.119 e. The first-order chi connectivity index (χ1) is 8.16. The van der Waals surface area contributed by atoms with E-state index in [4.69, 9.17) is 10.5 Å². The van der Waals surface area contributed by atoms with E-state index in [-0.39, 0.29) is 0 Å². The predicted octanol–water partition coefficient (Wildman–Crippen LogP) is 4.37. The molecule has 2 N–H and O–H groups in total. The molecule has 2 rings (SSSR count). The number of ether oxygens (including phenoxy) is 1. The number of hydrogen-bond acceptors (Lipinski definition) is 2. The van der Waals surface area contributed by atoms with Crippen molar-refractivity contribution in [1.82, 2.24) is 0 Å². The average Bonchev–Trinajstić information content (AvgIpc) is 2.33. The van der Waals surface area contributed by atoms with Gasteiger partial charge in [0.15, 0.2) is 0 Å². The summed E-state index contributed by atoms with van der Waals surface area (Å²) in [6.45, 7) is 0.493. The molecule has 0 atom stereocenters. The minimum absolute atomic E-state index is 0.493. The van der Waals surface area contributed by atoms with Crippen LogP contribution < -0.4 is 10.5 Å². The highest BCUT2D eigenvalue weighted by molar-refractivity contribution is 9.11. The summed E-state index contributed by atoms with van der Waals surface area (Å²) >= 11 is 6.84. The Morgan fingerprint density at radius 3 is 2.41 bits per heavy atom. The fourth-order valence-corrected chi connectivity index (χ4v) is 2.05. The molecular weight excluding hydrogens is 346 g/mol. The largest absolute Gasteiger partial charge is 0.489 e. The van der Waals surface area contributed by atoms with Gasteiger partial charge in [0.2, 0.25) is 0 Å². The van der Waals surface area contributed by atoms with E-state index in [2.05, 4.69) is 31.9 Å². The zero-order chi connectivity index (χ0) is 12.3. The first kappa shape index (κ1) is 12.5. The van der Waals surface area contributed by atoms with E-state index in [0.717, 1.165) is 25.9 Å². The lowest BCUT2D eigenvalue weighted by molar-refractivity contribution is 0.305. The molecule has 0 radical (unpaired) electrons. The quantitative estimate of drug-likeness (QED) is 0.828. The number of benzene rings is 2. The van der Waals surface area contributed by atoms with Gasteiger partial charge in [0.25, 0.3) is 0 Å². The summed E-state index contributed by atoms with van der Waals surface area (Å²) in [6, 6.07) is 13.5. The van der Waals surface area contributed by atoms with Gasteiger partial charge in [-0.05, 0) is 46.3 Å². The summed E-state index contributed by atoms with van der Waals surface area (Å²) in [7, 11) is 0. The molecule has 2 aromatic rings. The van der Waals surface area contributed by atoms with E-state index in [1.807, 2.05) is 42.5 Å². The third kappa shape index (κ3) is 3.23. The van der Waals surface area contributed by atoms with Gasteiger partial charge in [-0.1, -0.05) is 28.1 Å². The maximum Gasteiger partial charge on any atom is 0.119 e. The van der Waals surface area contributed by atoms with Crippen LogP contribution in [0.4, 0.5) is 5.69 Å². The molecule has 88 valence electrons. The number of nitrogen functional groups attached to an aromatic ring is 1. The molecule has 0 aliphatic carbocycles. The molecule has 0 aliphatic rings. The molecule has 2 aromatic carbocycles. The standard InChI is InChI=1S/C13H11Br2NO/c14-10-4-6-11(7-5-10)17-8-9-2-1-3-12(16)13(9)15/h1-7H,8,16H2. The van der Waals surface area contributed by atoms with Gasteiger partial charge in [0.1, 0.15) is 12.4 Å². The highest BCUT2D eigenvalue weighted by Crippen LogP contribution is 2.25. The average molecular weight is 357 g/mol. The number of rotatable bonds is 3. The van der Waals surface area contributed by atoms with Gasteiger partial charge in [0, 0.05) is 20.2 Å². The van der Waals surface area contributed by atoms with Crippen LogP contribution in [-0.4, -0.2) is 0 Å². The second-order valence-corrected chi connectivity index (χ2v) is 5.27. The maximum atomic E-state index is 5.80. The second kappa shape index (κ2) is 5.56. The van der Waals surface area contributed by atoms with E-state index >= 15 is 0 Å². The Bertz CT molecular complexity index is 511. The van der Waals surface area contributed by atoms with Crippen molar-refractivity contribution >= 4 is 37.5 Å². The van der Waals surface area contributed by atoms with Crippen molar-refractivity contribution in [2.24, 2.45) is 0 Å². The van der Waals surface area contributed by atoms with Crippen molar-refractivity contribution in [3.05, 3.63) is 57.0 Å². The highest BCUT2D eigenvalue weighted by atomic mass is 79.9. The van der Waals surface area contributed by atoms with E-state index < -0.39 is 0 Å². The number of anilines is 1. The Hall–Kier alpha value is -1.000. The van der Waals surface area contributed by atoms with Crippen LogP contribution in [-0.2, 0) is 6.61 Å². The highest BCUT2D eigenvalue weighted by Gasteiger charge is 2.03. The molecule has 0 amide bonds. The normalized spacial score (nSPS) is 10.2. The van der Waals surface area contributed by atoms with Crippen LogP contribution >= 0.6 is 31.9 Å². The summed E-state index contributed by atoms with van der Waals surface area (Å²) in [6.07, 6.45) is 0. The first-order valence-electron chi connectivity index (χ1n) is 5.08. The number of hydrogen-bond donors (Lipinski definition) is 1. The molecular formula is C13H11Br2NO. The van der Waals surface area contributed by atoms with Gasteiger partial charge in [0.05, 0.1) is 0 Å². The van der Waals surface area contributed by atoms with Crippen molar-refractivity contribution in [3.63, 3.8) is 0 Å². The molecule has 2 nitrogen and oxygen atoms in total. The number of nitrogens with two attached hydrogens (primary N) is 1. The topological polar surface area (TPSA) is 35.2 Å². The van der Waals surface area contributed by atoms with Gasteiger partial charge in [-0.2, -0.15) is 0 Å².